The molecule has 3 aliphatic rings. The van der Waals surface area contributed by atoms with Crippen LogP contribution >= 0.6 is 0 Å². The molecular weight excluding hydrogens is 394 g/mol. The topological polar surface area (TPSA) is 119 Å². The van der Waals surface area contributed by atoms with E-state index in [4.69, 9.17) is 23.7 Å². The molecule has 0 saturated carbocycles. The number of aromatic nitrogens is 4. The number of hydrogen-bond donors (Lipinski definition) is 1. The smallest absolute Gasteiger partial charge is 0.407 e. The van der Waals surface area contributed by atoms with Crippen LogP contribution in [0.1, 0.15) is 6.04 Å². The number of carbonyl (C=O) groups excluding carboxylic acids is 1. The molecule has 11 nitrogen and oxygen atoms in total. The van der Waals surface area contributed by atoms with Gasteiger partial charge in [-0.15, -0.1) is 11.7 Å². The van der Waals surface area contributed by atoms with Gasteiger partial charge < -0.3 is 29.0 Å². The first-order chi connectivity index (χ1) is 14.7. The van der Waals surface area contributed by atoms with Crippen LogP contribution in [0.15, 0.2) is 30.9 Å². The summed E-state index contributed by atoms with van der Waals surface area (Å²) in [5, 5.41) is 14.8. The van der Waals surface area contributed by atoms with Gasteiger partial charge in [0.05, 0.1) is 13.2 Å². The van der Waals surface area contributed by atoms with Gasteiger partial charge in [-0.2, -0.15) is 0 Å². The monoisotopic (exact) mass is 415 g/mol. The summed E-state index contributed by atoms with van der Waals surface area (Å²) in [7, 11) is 0. The van der Waals surface area contributed by atoms with Gasteiger partial charge in [0.15, 0.2) is 23.4 Å². The second-order valence-corrected chi connectivity index (χ2v) is 7.08. The lowest BCUT2D eigenvalue weighted by Crippen LogP contribution is -2.37. The van der Waals surface area contributed by atoms with E-state index < -0.39 is 12.2 Å². The lowest BCUT2D eigenvalue weighted by atomic mass is 10.1. The van der Waals surface area contributed by atoms with Crippen LogP contribution in [0.5, 0.6) is 11.5 Å². The third-order valence-electron chi connectivity index (χ3n) is 5.24. The fraction of sp³-hybridized carbons (Fsp3) is 0.474. The lowest BCUT2D eigenvalue weighted by molar-refractivity contribution is 0.00334. The van der Waals surface area contributed by atoms with E-state index in [9.17, 15) is 4.79 Å². The van der Waals surface area contributed by atoms with Crippen molar-refractivity contribution < 1.29 is 28.5 Å². The predicted molar refractivity (Wildman–Crippen MR) is 101 cm³/mol. The van der Waals surface area contributed by atoms with Gasteiger partial charge in [-0.05, 0) is 28.6 Å². The first-order valence-electron chi connectivity index (χ1n) is 9.71. The average Bonchev–Trinajstić information content (AvgIpc) is 3.49. The molecule has 2 saturated heterocycles. The van der Waals surface area contributed by atoms with Crippen molar-refractivity contribution >= 4 is 6.09 Å². The molecule has 3 aliphatic heterocycles. The average molecular weight is 415 g/mol. The molecule has 1 amide bonds. The van der Waals surface area contributed by atoms with Gasteiger partial charge in [-0.3, -0.25) is 0 Å². The van der Waals surface area contributed by atoms with Crippen molar-refractivity contribution in [2.45, 2.75) is 24.4 Å². The molecule has 4 heterocycles. The van der Waals surface area contributed by atoms with Gasteiger partial charge in [0.2, 0.25) is 0 Å². The number of nitrogens with zero attached hydrogens (tertiary/aromatic N) is 4. The summed E-state index contributed by atoms with van der Waals surface area (Å²) in [6, 6.07) is 5.33. The largest absolute Gasteiger partial charge is 0.486 e. The highest BCUT2D eigenvalue weighted by Crippen LogP contribution is 2.38. The molecule has 11 heteroatoms. The van der Waals surface area contributed by atoms with E-state index in [1.165, 1.54) is 0 Å². The normalized spacial score (nSPS) is 26.8. The molecule has 4 atom stereocenters. The molecule has 1 aromatic heterocycles. The molecule has 1 aromatic carbocycles. The SMILES string of the molecule is C=CCNC(=O)OC1COC2C1OCC2n1nnnc1-c1ccc2c(c1)OCCO2. The van der Waals surface area contributed by atoms with Gasteiger partial charge in [0.25, 0.3) is 0 Å². The van der Waals surface area contributed by atoms with Crippen molar-refractivity contribution in [3.8, 4) is 22.9 Å². The van der Waals surface area contributed by atoms with Crippen LogP contribution < -0.4 is 14.8 Å². The van der Waals surface area contributed by atoms with E-state index in [1.54, 1.807) is 10.8 Å². The fourth-order valence-electron chi connectivity index (χ4n) is 3.88. The maximum absolute atomic E-state index is 11.9. The Labute approximate surface area is 171 Å². The molecule has 0 bridgehead atoms. The molecule has 0 spiro atoms. The Kier molecular flexibility index (Phi) is 4.97. The molecule has 2 aromatic rings. The van der Waals surface area contributed by atoms with E-state index in [2.05, 4.69) is 27.4 Å². The number of tetrazole rings is 1. The molecule has 0 aliphatic carbocycles. The first kappa shape index (κ1) is 18.8. The third kappa shape index (κ3) is 3.35. The zero-order valence-corrected chi connectivity index (χ0v) is 16.1. The first-order valence-corrected chi connectivity index (χ1v) is 9.71. The summed E-state index contributed by atoms with van der Waals surface area (Å²) in [4.78, 5) is 11.9. The van der Waals surface area contributed by atoms with E-state index in [1.807, 2.05) is 18.2 Å². The Morgan fingerprint density at radius 2 is 2.07 bits per heavy atom. The lowest BCUT2D eigenvalue weighted by Gasteiger charge is -2.20. The minimum atomic E-state index is -0.532. The second kappa shape index (κ2) is 7.92. The van der Waals surface area contributed by atoms with E-state index in [0.29, 0.717) is 43.7 Å². The minimum Gasteiger partial charge on any atom is -0.486 e. The minimum absolute atomic E-state index is 0.245. The molecule has 1 N–H and O–H groups in total. The van der Waals surface area contributed by atoms with Crippen molar-refractivity contribution in [1.29, 1.82) is 0 Å². The van der Waals surface area contributed by atoms with Gasteiger partial charge in [0.1, 0.15) is 31.5 Å². The van der Waals surface area contributed by atoms with Gasteiger partial charge in [-0.25, -0.2) is 9.48 Å². The van der Waals surface area contributed by atoms with E-state index in [-0.39, 0.29) is 24.9 Å². The highest BCUT2D eigenvalue weighted by Gasteiger charge is 2.51. The zero-order chi connectivity index (χ0) is 20.5. The van der Waals surface area contributed by atoms with Crippen LogP contribution in [-0.2, 0) is 14.2 Å². The van der Waals surface area contributed by atoms with Crippen molar-refractivity contribution in [2.75, 3.05) is 33.0 Å². The zero-order valence-electron chi connectivity index (χ0n) is 16.1. The fourth-order valence-corrected chi connectivity index (χ4v) is 3.88. The summed E-state index contributed by atoms with van der Waals surface area (Å²) in [5.74, 6) is 1.92. The van der Waals surface area contributed by atoms with Crippen LogP contribution in [0.4, 0.5) is 4.79 Å². The number of alkyl carbamates (subject to hydrolysis) is 1. The number of nitrogens with one attached hydrogen (secondary N) is 1. The van der Waals surface area contributed by atoms with Crippen LogP contribution in [0.3, 0.4) is 0 Å². The van der Waals surface area contributed by atoms with Crippen LogP contribution in [0.2, 0.25) is 0 Å². The quantitative estimate of drug-likeness (QED) is 0.705. The maximum atomic E-state index is 11.9. The number of amides is 1. The molecular formula is C19H21N5O6. The number of fused-ring (bicyclic) bond motifs is 2. The molecule has 4 unspecified atom stereocenters. The summed E-state index contributed by atoms with van der Waals surface area (Å²) in [6.45, 7) is 5.49. The number of carbonyl (C=O) groups is 1. The van der Waals surface area contributed by atoms with E-state index in [0.717, 1.165) is 5.56 Å². The molecule has 5 rings (SSSR count). The van der Waals surface area contributed by atoms with Crippen molar-refractivity contribution in [1.82, 2.24) is 25.5 Å². The molecule has 30 heavy (non-hydrogen) atoms. The van der Waals surface area contributed by atoms with Crippen molar-refractivity contribution in [2.24, 2.45) is 0 Å². The third-order valence-corrected chi connectivity index (χ3v) is 5.24. The Morgan fingerprint density at radius 3 is 2.93 bits per heavy atom. The highest BCUT2D eigenvalue weighted by atomic mass is 16.6. The van der Waals surface area contributed by atoms with Crippen molar-refractivity contribution in [3.63, 3.8) is 0 Å². The Balaban J connectivity index is 1.33. The standard InChI is InChI=1S/C19H21N5O6/c1-2-5-20-19(25)30-15-10-29-16-12(9-28-17(15)16)24-18(21-22-23-24)11-3-4-13-14(8-11)27-7-6-26-13/h2-4,8,12,15-17H,1,5-7,9-10H2,(H,20,25). The summed E-state index contributed by atoms with van der Waals surface area (Å²) in [5.41, 5.74) is 0.794. The Bertz CT molecular complexity index is 949. The predicted octanol–water partition coefficient (Wildman–Crippen LogP) is 0.731. The van der Waals surface area contributed by atoms with E-state index >= 15 is 0 Å². The highest BCUT2D eigenvalue weighted by molar-refractivity contribution is 5.67. The van der Waals surface area contributed by atoms with Crippen LogP contribution in [-0.4, -0.2) is 77.6 Å². The summed E-state index contributed by atoms with van der Waals surface area (Å²) < 4.78 is 30.2. The van der Waals surface area contributed by atoms with Crippen LogP contribution in [0, 0.1) is 0 Å². The van der Waals surface area contributed by atoms with Gasteiger partial charge >= 0.3 is 6.09 Å². The number of rotatable bonds is 5. The Morgan fingerprint density at radius 1 is 1.23 bits per heavy atom. The molecule has 0 radical (unpaired) electrons. The Hall–Kier alpha value is -3.18. The second-order valence-electron chi connectivity index (χ2n) is 7.08. The van der Waals surface area contributed by atoms with Crippen LogP contribution in [0.25, 0.3) is 11.4 Å². The molecule has 158 valence electrons. The van der Waals surface area contributed by atoms with Gasteiger partial charge in [-0.1, -0.05) is 6.08 Å². The number of ether oxygens (including phenoxy) is 5. The molecule has 2 fully saturated rings. The number of benzene rings is 1. The van der Waals surface area contributed by atoms with Crippen molar-refractivity contribution in [3.05, 3.63) is 30.9 Å². The summed E-state index contributed by atoms with van der Waals surface area (Å²) in [6.07, 6.45) is -0.174. The summed E-state index contributed by atoms with van der Waals surface area (Å²) >= 11 is 0. The maximum Gasteiger partial charge on any atom is 0.407 e. The number of hydrogen-bond acceptors (Lipinski definition) is 9. The van der Waals surface area contributed by atoms with Gasteiger partial charge in [0, 0.05) is 12.1 Å².